The highest BCUT2D eigenvalue weighted by Gasteiger charge is 2.26. The molecule has 2 heterocycles. The highest BCUT2D eigenvalue weighted by atomic mass is 32.2. The molecule has 1 aromatic heterocycles. The van der Waals surface area contributed by atoms with Gasteiger partial charge in [-0.3, -0.25) is 4.98 Å². The Kier molecular flexibility index (Phi) is 2.74. The normalized spacial score (nSPS) is 18.2. The first-order valence-electron chi connectivity index (χ1n) is 5.52. The molecule has 1 aliphatic rings. The molecule has 17 heavy (non-hydrogen) atoms. The first-order valence-corrected chi connectivity index (χ1v) is 6.40. The van der Waals surface area contributed by atoms with E-state index in [1.165, 1.54) is 10.6 Å². The first kappa shape index (κ1) is 10.6. The molecule has 0 fully saturated rings. The molecule has 4 heteroatoms. The number of aromatic nitrogens is 1. The number of anilines is 1. The van der Waals surface area contributed by atoms with Gasteiger partial charge in [0.25, 0.3) is 0 Å². The largest absolute Gasteiger partial charge is 0.340 e. The lowest BCUT2D eigenvalue weighted by Crippen LogP contribution is -2.35. The second-order valence-electron chi connectivity index (χ2n) is 3.93. The first-order chi connectivity index (χ1) is 8.34. The number of rotatable bonds is 2. The Balaban J connectivity index is 1.89. The Morgan fingerprint density at radius 2 is 2.00 bits per heavy atom. The third-order valence-electron chi connectivity index (χ3n) is 2.79. The number of hydrogen-bond donors (Lipinski definition) is 1. The van der Waals surface area contributed by atoms with Crippen LogP contribution in [0.5, 0.6) is 0 Å². The van der Waals surface area contributed by atoms with Crippen LogP contribution in [-0.2, 0) is 6.54 Å². The summed E-state index contributed by atoms with van der Waals surface area (Å²) in [4.78, 5) is 7.77. The summed E-state index contributed by atoms with van der Waals surface area (Å²) in [5.41, 5.74) is 8.37. The molecule has 0 amide bonds. The summed E-state index contributed by atoms with van der Waals surface area (Å²) in [6, 6.07) is 14.3. The molecule has 86 valence electrons. The van der Waals surface area contributed by atoms with Gasteiger partial charge in [-0.25, -0.2) is 0 Å². The van der Waals surface area contributed by atoms with Gasteiger partial charge in [0.2, 0.25) is 0 Å². The predicted molar refractivity (Wildman–Crippen MR) is 70.7 cm³/mol. The zero-order valence-corrected chi connectivity index (χ0v) is 10.1. The number of fused-ring (bicyclic) bond motifs is 1. The lowest BCUT2D eigenvalue weighted by molar-refractivity contribution is 0.763. The van der Waals surface area contributed by atoms with Crippen molar-refractivity contribution in [1.29, 1.82) is 0 Å². The van der Waals surface area contributed by atoms with Crippen LogP contribution in [0.3, 0.4) is 0 Å². The third-order valence-corrected chi connectivity index (χ3v) is 3.88. The molecule has 2 N–H and O–H groups in total. The van der Waals surface area contributed by atoms with Crippen LogP contribution in [-0.4, -0.2) is 10.5 Å². The lowest BCUT2D eigenvalue weighted by Gasteiger charge is -2.22. The fraction of sp³-hybridized carbons (Fsp3) is 0.154. The van der Waals surface area contributed by atoms with Crippen LogP contribution in [0.15, 0.2) is 53.6 Å². The quantitative estimate of drug-likeness (QED) is 0.879. The molecular formula is C13H13N3S. The molecule has 0 spiro atoms. The highest BCUT2D eigenvalue weighted by molar-refractivity contribution is 8.00. The Bertz CT molecular complexity index is 515. The van der Waals surface area contributed by atoms with Gasteiger partial charge in [-0.05, 0) is 24.3 Å². The topological polar surface area (TPSA) is 42.1 Å². The molecule has 0 radical (unpaired) electrons. The minimum atomic E-state index is -0.0191. The van der Waals surface area contributed by atoms with Crippen molar-refractivity contribution in [3.63, 3.8) is 0 Å². The van der Waals surface area contributed by atoms with Crippen molar-refractivity contribution in [1.82, 2.24) is 4.98 Å². The van der Waals surface area contributed by atoms with Gasteiger partial charge in [0.15, 0.2) is 0 Å². The SMILES string of the molecule is NC1Sc2ccccc2N1Cc1ccccn1. The third kappa shape index (κ3) is 2.01. The van der Waals surface area contributed by atoms with Crippen molar-refractivity contribution < 1.29 is 0 Å². The summed E-state index contributed by atoms with van der Waals surface area (Å²) in [6.45, 7) is 0.756. The van der Waals surface area contributed by atoms with Crippen molar-refractivity contribution >= 4 is 17.4 Å². The zero-order chi connectivity index (χ0) is 11.7. The van der Waals surface area contributed by atoms with Crippen molar-refractivity contribution in [2.45, 2.75) is 16.9 Å². The molecule has 1 unspecified atom stereocenters. The molecular weight excluding hydrogens is 230 g/mol. The van der Waals surface area contributed by atoms with Crippen LogP contribution >= 0.6 is 11.8 Å². The molecule has 3 nitrogen and oxygen atoms in total. The molecule has 2 aromatic rings. The van der Waals surface area contributed by atoms with Gasteiger partial charge >= 0.3 is 0 Å². The van der Waals surface area contributed by atoms with Crippen molar-refractivity contribution in [3.05, 3.63) is 54.4 Å². The summed E-state index contributed by atoms with van der Waals surface area (Å²) in [5.74, 6) is 0. The molecule has 0 saturated carbocycles. The predicted octanol–water partition coefficient (Wildman–Crippen LogP) is 2.44. The van der Waals surface area contributed by atoms with E-state index in [1.54, 1.807) is 11.8 Å². The van der Waals surface area contributed by atoms with Crippen LogP contribution in [0.2, 0.25) is 0 Å². The van der Waals surface area contributed by atoms with E-state index < -0.39 is 0 Å². The van der Waals surface area contributed by atoms with E-state index >= 15 is 0 Å². The average molecular weight is 243 g/mol. The number of thioether (sulfide) groups is 1. The van der Waals surface area contributed by atoms with E-state index in [-0.39, 0.29) is 5.50 Å². The number of nitrogens with zero attached hydrogens (tertiary/aromatic N) is 2. The number of para-hydroxylation sites is 1. The Morgan fingerprint density at radius 1 is 1.18 bits per heavy atom. The van der Waals surface area contributed by atoms with Crippen molar-refractivity contribution in [2.75, 3.05) is 4.90 Å². The van der Waals surface area contributed by atoms with Gasteiger partial charge in [-0.2, -0.15) is 0 Å². The monoisotopic (exact) mass is 243 g/mol. The summed E-state index contributed by atoms with van der Waals surface area (Å²) in [7, 11) is 0. The van der Waals surface area contributed by atoms with Crippen molar-refractivity contribution in [2.24, 2.45) is 5.73 Å². The minimum Gasteiger partial charge on any atom is -0.340 e. The number of hydrogen-bond acceptors (Lipinski definition) is 4. The Morgan fingerprint density at radius 3 is 2.82 bits per heavy atom. The standard InChI is InChI=1S/C13H13N3S/c14-13-16(9-10-5-3-4-8-15-10)11-6-1-2-7-12(11)17-13/h1-8,13H,9,14H2. The highest BCUT2D eigenvalue weighted by Crippen LogP contribution is 2.41. The van der Waals surface area contributed by atoms with E-state index in [0.29, 0.717) is 0 Å². The summed E-state index contributed by atoms with van der Waals surface area (Å²) >= 11 is 1.69. The minimum absolute atomic E-state index is 0.0191. The van der Waals surface area contributed by atoms with E-state index in [9.17, 15) is 0 Å². The number of benzene rings is 1. The molecule has 1 atom stereocenters. The number of pyridine rings is 1. The van der Waals surface area contributed by atoms with Crippen LogP contribution in [0.1, 0.15) is 5.69 Å². The Labute approximate surface area is 105 Å². The molecule has 0 bridgehead atoms. The van der Waals surface area contributed by atoms with Crippen LogP contribution in [0.25, 0.3) is 0 Å². The molecule has 0 saturated heterocycles. The second kappa shape index (κ2) is 4.39. The fourth-order valence-corrected chi connectivity index (χ4v) is 3.00. The van der Waals surface area contributed by atoms with Gasteiger partial charge in [0.1, 0.15) is 5.50 Å². The van der Waals surface area contributed by atoms with E-state index in [4.69, 9.17) is 5.73 Å². The molecule has 3 rings (SSSR count). The molecule has 1 aromatic carbocycles. The smallest absolute Gasteiger partial charge is 0.130 e. The van der Waals surface area contributed by atoms with Gasteiger partial charge in [-0.15, -0.1) is 0 Å². The summed E-state index contributed by atoms with van der Waals surface area (Å²) in [5, 5.41) is 0. The maximum Gasteiger partial charge on any atom is 0.130 e. The summed E-state index contributed by atoms with van der Waals surface area (Å²) in [6.07, 6.45) is 1.82. The second-order valence-corrected chi connectivity index (χ2v) is 5.08. The van der Waals surface area contributed by atoms with E-state index in [1.807, 2.05) is 36.5 Å². The fourth-order valence-electron chi connectivity index (χ4n) is 1.97. The van der Waals surface area contributed by atoms with E-state index in [2.05, 4.69) is 22.0 Å². The Hall–Kier alpha value is -1.52. The van der Waals surface area contributed by atoms with Crippen LogP contribution in [0, 0.1) is 0 Å². The zero-order valence-electron chi connectivity index (χ0n) is 9.28. The maximum absolute atomic E-state index is 6.14. The van der Waals surface area contributed by atoms with Gasteiger partial charge < -0.3 is 10.6 Å². The van der Waals surface area contributed by atoms with Gasteiger partial charge in [0, 0.05) is 11.1 Å². The van der Waals surface area contributed by atoms with Gasteiger partial charge in [-0.1, -0.05) is 30.0 Å². The lowest BCUT2D eigenvalue weighted by atomic mass is 10.2. The number of nitrogens with two attached hydrogens (primary N) is 1. The van der Waals surface area contributed by atoms with Crippen LogP contribution in [0.4, 0.5) is 5.69 Å². The van der Waals surface area contributed by atoms with Crippen LogP contribution < -0.4 is 10.6 Å². The molecule has 0 aliphatic carbocycles. The average Bonchev–Trinajstić information content (AvgIpc) is 2.68. The van der Waals surface area contributed by atoms with E-state index in [0.717, 1.165) is 12.2 Å². The maximum atomic E-state index is 6.14. The summed E-state index contributed by atoms with van der Waals surface area (Å²) < 4.78 is 0. The van der Waals surface area contributed by atoms with Crippen molar-refractivity contribution in [3.8, 4) is 0 Å². The molecule has 1 aliphatic heterocycles. The van der Waals surface area contributed by atoms with Gasteiger partial charge in [0.05, 0.1) is 17.9 Å².